The summed E-state index contributed by atoms with van der Waals surface area (Å²) in [6.45, 7) is 5.92. The predicted octanol–water partition coefficient (Wildman–Crippen LogP) is 3.25. The number of rotatable bonds is 7. The van der Waals surface area contributed by atoms with E-state index in [2.05, 4.69) is 43.0 Å². The van der Waals surface area contributed by atoms with E-state index < -0.39 is 5.97 Å². The first-order chi connectivity index (χ1) is 9.06. The molecule has 0 spiro atoms. The second-order valence-corrected chi connectivity index (χ2v) is 5.74. The molecule has 0 bridgehead atoms. The van der Waals surface area contributed by atoms with Crippen LogP contribution in [-0.2, 0) is 11.3 Å². The second kappa shape index (κ2) is 6.20. The van der Waals surface area contributed by atoms with Crippen molar-refractivity contribution in [3.63, 3.8) is 0 Å². The SMILES string of the molecule is CC(C)c1ccc(CN(CCC(=O)O)C2CC2)cc1. The summed E-state index contributed by atoms with van der Waals surface area (Å²) >= 11 is 0. The Bertz CT molecular complexity index is 421. The van der Waals surface area contributed by atoms with Crippen LogP contribution in [0.25, 0.3) is 0 Å². The Morgan fingerprint density at radius 3 is 2.42 bits per heavy atom. The molecule has 0 atom stereocenters. The third-order valence-corrected chi connectivity index (χ3v) is 3.71. The molecule has 1 saturated carbocycles. The van der Waals surface area contributed by atoms with Crippen molar-refractivity contribution in [1.29, 1.82) is 0 Å². The first-order valence-corrected chi connectivity index (χ1v) is 7.11. The Hall–Kier alpha value is -1.35. The van der Waals surface area contributed by atoms with Crippen molar-refractivity contribution in [3.05, 3.63) is 35.4 Å². The van der Waals surface area contributed by atoms with Gasteiger partial charge in [0, 0.05) is 19.1 Å². The van der Waals surface area contributed by atoms with Crippen LogP contribution in [-0.4, -0.2) is 28.6 Å². The highest BCUT2D eigenvalue weighted by atomic mass is 16.4. The summed E-state index contributed by atoms with van der Waals surface area (Å²) < 4.78 is 0. The minimum atomic E-state index is -0.708. The van der Waals surface area contributed by atoms with E-state index in [4.69, 9.17) is 5.11 Å². The maximum absolute atomic E-state index is 10.7. The summed E-state index contributed by atoms with van der Waals surface area (Å²) in [4.78, 5) is 13.0. The summed E-state index contributed by atoms with van der Waals surface area (Å²) in [6.07, 6.45) is 2.66. The Kier molecular flexibility index (Phi) is 4.59. The third kappa shape index (κ3) is 4.35. The predicted molar refractivity (Wildman–Crippen MR) is 76.2 cm³/mol. The first kappa shape index (κ1) is 14.1. The molecule has 1 aliphatic rings. The lowest BCUT2D eigenvalue weighted by Crippen LogP contribution is -2.28. The number of nitrogens with zero attached hydrogens (tertiary/aromatic N) is 1. The van der Waals surface area contributed by atoms with E-state index in [0.29, 0.717) is 18.5 Å². The zero-order chi connectivity index (χ0) is 13.8. The minimum Gasteiger partial charge on any atom is -0.481 e. The van der Waals surface area contributed by atoms with E-state index in [-0.39, 0.29) is 6.42 Å². The lowest BCUT2D eigenvalue weighted by Gasteiger charge is -2.21. The van der Waals surface area contributed by atoms with Crippen LogP contribution >= 0.6 is 0 Å². The molecule has 0 aliphatic heterocycles. The van der Waals surface area contributed by atoms with E-state index in [1.807, 2.05) is 0 Å². The van der Waals surface area contributed by atoms with E-state index in [9.17, 15) is 4.79 Å². The third-order valence-electron chi connectivity index (χ3n) is 3.71. The molecule has 0 amide bonds. The fraction of sp³-hybridized carbons (Fsp3) is 0.562. The fourth-order valence-electron chi connectivity index (χ4n) is 2.31. The summed E-state index contributed by atoms with van der Waals surface area (Å²) in [5.41, 5.74) is 2.63. The largest absolute Gasteiger partial charge is 0.481 e. The molecule has 0 heterocycles. The average Bonchev–Trinajstić information content (AvgIpc) is 3.19. The quantitative estimate of drug-likeness (QED) is 0.819. The number of aliphatic carboxylic acids is 1. The van der Waals surface area contributed by atoms with Crippen molar-refractivity contribution >= 4 is 5.97 Å². The molecule has 3 nitrogen and oxygen atoms in total. The van der Waals surface area contributed by atoms with Crippen LogP contribution in [0.5, 0.6) is 0 Å². The van der Waals surface area contributed by atoms with Crippen LogP contribution in [0.3, 0.4) is 0 Å². The summed E-state index contributed by atoms with van der Waals surface area (Å²) in [5, 5.41) is 8.80. The maximum Gasteiger partial charge on any atom is 0.304 e. The molecular formula is C16H23NO2. The van der Waals surface area contributed by atoms with Gasteiger partial charge in [0.25, 0.3) is 0 Å². The Morgan fingerprint density at radius 1 is 1.32 bits per heavy atom. The van der Waals surface area contributed by atoms with E-state index in [1.165, 1.54) is 24.0 Å². The minimum absolute atomic E-state index is 0.237. The average molecular weight is 261 g/mol. The molecule has 3 heteroatoms. The van der Waals surface area contributed by atoms with Crippen LogP contribution in [0.4, 0.5) is 0 Å². The summed E-state index contributed by atoms with van der Waals surface area (Å²) in [6, 6.07) is 9.31. The van der Waals surface area contributed by atoms with Crippen molar-refractivity contribution < 1.29 is 9.90 Å². The van der Waals surface area contributed by atoms with Crippen LogP contribution in [0, 0.1) is 0 Å². The molecule has 1 aromatic carbocycles. The van der Waals surface area contributed by atoms with E-state index in [0.717, 1.165) is 6.54 Å². The highest BCUT2D eigenvalue weighted by Gasteiger charge is 2.28. The Morgan fingerprint density at radius 2 is 1.95 bits per heavy atom. The van der Waals surface area contributed by atoms with Gasteiger partial charge in [0.1, 0.15) is 0 Å². The van der Waals surface area contributed by atoms with E-state index in [1.54, 1.807) is 0 Å². The smallest absolute Gasteiger partial charge is 0.304 e. The lowest BCUT2D eigenvalue weighted by atomic mass is 10.0. The van der Waals surface area contributed by atoms with Gasteiger partial charge >= 0.3 is 5.97 Å². The molecular weight excluding hydrogens is 238 g/mol. The standard InChI is InChI=1S/C16H23NO2/c1-12(2)14-5-3-13(4-6-14)11-17(15-7-8-15)10-9-16(18)19/h3-6,12,15H,7-11H2,1-2H3,(H,18,19). The highest BCUT2D eigenvalue weighted by Crippen LogP contribution is 2.28. The maximum atomic E-state index is 10.7. The van der Waals surface area contributed by atoms with Crippen molar-refractivity contribution in [1.82, 2.24) is 4.90 Å². The highest BCUT2D eigenvalue weighted by molar-refractivity contribution is 5.66. The molecule has 1 fully saturated rings. The molecule has 1 aromatic rings. The number of carbonyl (C=O) groups is 1. The van der Waals surface area contributed by atoms with Crippen LogP contribution in [0.2, 0.25) is 0 Å². The molecule has 1 N–H and O–H groups in total. The van der Waals surface area contributed by atoms with Gasteiger partial charge in [0.15, 0.2) is 0 Å². The molecule has 0 radical (unpaired) electrons. The lowest BCUT2D eigenvalue weighted by molar-refractivity contribution is -0.137. The fourth-order valence-corrected chi connectivity index (χ4v) is 2.31. The van der Waals surface area contributed by atoms with Crippen LogP contribution in [0.1, 0.15) is 50.2 Å². The van der Waals surface area contributed by atoms with E-state index >= 15 is 0 Å². The van der Waals surface area contributed by atoms with Gasteiger partial charge in [-0.2, -0.15) is 0 Å². The monoisotopic (exact) mass is 261 g/mol. The van der Waals surface area contributed by atoms with Crippen molar-refractivity contribution in [2.24, 2.45) is 0 Å². The van der Waals surface area contributed by atoms with Gasteiger partial charge in [-0.1, -0.05) is 38.1 Å². The zero-order valence-corrected chi connectivity index (χ0v) is 11.8. The zero-order valence-electron chi connectivity index (χ0n) is 11.8. The van der Waals surface area contributed by atoms with Gasteiger partial charge in [-0.15, -0.1) is 0 Å². The molecule has 0 aromatic heterocycles. The molecule has 1 aliphatic carbocycles. The van der Waals surface area contributed by atoms with Gasteiger partial charge in [0.2, 0.25) is 0 Å². The van der Waals surface area contributed by atoms with Gasteiger partial charge < -0.3 is 5.11 Å². The van der Waals surface area contributed by atoms with Gasteiger partial charge in [-0.25, -0.2) is 0 Å². The molecule has 0 unspecified atom stereocenters. The van der Waals surface area contributed by atoms with Crippen LogP contribution in [0.15, 0.2) is 24.3 Å². The summed E-state index contributed by atoms with van der Waals surface area (Å²) in [5.74, 6) is -0.151. The molecule has 2 rings (SSSR count). The molecule has 19 heavy (non-hydrogen) atoms. The van der Waals surface area contributed by atoms with Crippen molar-refractivity contribution in [2.45, 2.75) is 51.6 Å². The topological polar surface area (TPSA) is 40.5 Å². The number of benzene rings is 1. The molecule has 0 saturated heterocycles. The normalized spacial score (nSPS) is 15.2. The number of hydrogen-bond donors (Lipinski definition) is 1. The van der Waals surface area contributed by atoms with Crippen molar-refractivity contribution in [2.75, 3.05) is 6.54 Å². The summed E-state index contributed by atoms with van der Waals surface area (Å²) in [7, 11) is 0. The number of hydrogen-bond acceptors (Lipinski definition) is 2. The van der Waals surface area contributed by atoms with Gasteiger partial charge in [-0.3, -0.25) is 9.69 Å². The first-order valence-electron chi connectivity index (χ1n) is 7.11. The van der Waals surface area contributed by atoms with Gasteiger partial charge in [0.05, 0.1) is 6.42 Å². The Balaban J connectivity index is 1.94. The molecule has 104 valence electrons. The van der Waals surface area contributed by atoms with Crippen LogP contribution < -0.4 is 0 Å². The number of carboxylic acid groups (broad SMARTS) is 1. The Labute approximate surface area is 115 Å². The van der Waals surface area contributed by atoms with Gasteiger partial charge in [-0.05, 0) is 29.9 Å². The second-order valence-electron chi connectivity index (χ2n) is 5.74. The van der Waals surface area contributed by atoms with Crippen molar-refractivity contribution in [3.8, 4) is 0 Å². The number of carboxylic acids is 1.